The fourth-order valence-corrected chi connectivity index (χ4v) is 3.74. The fraction of sp³-hybridized carbons (Fsp3) is 0.273. The summed E-state index contributed by atoms with van der Waals surface area (Å²) in [5.41, 5.74) is 1.74. The predicted octanol–water partition coefficient (Wildman–Crippen LogP) is 6.04. The van der Waals surface area contributed by atoms with E-state index in [2.05, 4.69) is 21.2 Å². The molecule has 2 aromatic rings. The molecule has 0 bridgehead atoms. The highest BCUT2D eigenvalue weighted by Crippen LogP contribution is 2.36. The Kier molecular flexibility index (Phi) is 7.86. The summed E-state index contributed by atoms with van der Waals surface area (Å²) in [6.45, 7) is 4.84. The van der Waals surface area contributed by atoms with Crippen molar-refractivity contribution >= 4 is 57.1 Å². The van der Waals surface area contributed by atoms with Gasteiger partial charge in [-0.1, -0.05) is 52.1 Å². The maximum absolute atomic E-state index is 12.5. The molecule has 1 fully saturated rings. The molecule has 31 heavy (non-hydrogen) atoms. The maximum Gasteiger partial charge on any atom is 0.329 e. The Balaban J connectivity index is 1.85. The second-order valence-electron chi connectivity index (χ2n) is 6.74. The van der Waals surface area contributed by atoms with Crippen molar-refractivity contribution in [3.8, 4) is 11.5 Å². The molecule has 3 rings (SSSR count). The molecule has 0 unspecified atom stereocenters. The van der Waals surface area contributed by atoms with Crippen LogP contribution in [0.2, 0.25) is 10.0 Å². The van der Waals surface area contributed by atoms with Crippen molar-refractivity contribution in [1.82, 2.24) is 10.2 Å². The smallest absolute Gasteiger partial charge is 0.329 e. The molecule has 9 heteroatoms. The first-order chi connectivity index (χ1) is 14.8. The minimum Gasteiger partial charge on any atom is -0.490 e. The van der Waals surface area contributed by atoms with E-state index in [0.717, 1.165) is 5.56 Å². The normalized spacial score (nSPS) is 14.9. The summed E-state index contributed by atoms with van der Waals surface area (Å²) in [5, 5.41) is 3.55. The van der Waals surface area contributed by atoms with Crippen LogP contribution in [0.25, 0.3) is 6.08 Å². The monoisotopic (exact) mass is 526 g/mol. The predicted molar refractivity (Wildman–Crippen MR) is 125 cm³/mol. The second kappa shape index (κ2) is 10.4. The first kappa shape index (κ1) is 23.4. The molecule has 1 saturated heterocycles. The van der Waals surface area contributed by atoms with Crippen molar-refractivity contribution in [2.24, 2.45) is 0 Å². The van der Waals surface area contributed by atoms with E-state index in [1.165, 1.54) is 4.90 Å². The molecule has 0 aromatic heterocycles. The third-order valence-electron chi connectivity index (χ3n) is 4.45. The average molecular weight is 528 g/mol. The molecule has 0 spiro atoms. The van der Waals surface area contributed by atoms with E-state index in [9.17, 15) is 9.59 Å². The number of benzene rings is 2. The summed E-state index contributed by atoms with van der Waals surface area (Å²) in [4.78, 5) is 25.7. The number of urea groups is 1. The number of hydrogen-bond acceptors (Lipinski definition) is 4. The van der Waals surface area contributed by atoms with Crippen molar-refractivity contribution in [2.75, 3.05) is 13.2 Å². The lowest BCUT2D eigenvalue weighted by molar-refractivity contribution is -0.122. The number of carbonyl (C=O) groups excluding carboxylic acids is 2. The minimum atomic E-state index is -0.416. The topological polar surface area (TPSA) is 67.9 Å². The second-order valence-corrected chi connectivity index (χ2v) is 8.40. The molecule has 0 aliphatic carbocycles. The summed E-state index contributed by atoms with van der Waals surface area (Å²) in [7, 11) is 0. The zero-order valence-electron chi connectivity index (χ0n) is 17.0. The van der Waals surface area contributed by atoms with E-state index in [1.807, 2.05) is 19.9 Å². The van der Waals surface area contributed by atoms with E-state index in [4.69, 9.17) is 32.7 Å². The van der Waals surface area contributed by atoms with E-state index in [1.54, 1.807) is 30.3 Å². The number of carbonyl (C=O) groups is 2. The van der Waals surface area contributed by atoms with Crippen molar-refractivity contribution in [3.63, 3.8) is 0 Å². The van der Waals surface area contributed by atoms with Crippen LogP contribution >= 0.6 is 39.1 Å². The Morgan fingerprint density at radius 1 is 1.06 bits per heavy atom. The van der Waals surface area contributed by atoms with E-state index >= 15 is 0 Å². The molecule has 1 aliphatic rings. The van der Waals surface area contributed by atoms with Crippen LogP contribution in [-0.4, -0.2) is 30.0 Å². The first-order valence-electron chi connectivity index (χ1n) is 9.71. The zero-order chi connectivity index (χ0) is 22.5. The van der Waals surface area contributed by atoms with Gasteiger partial charge >= 0.3 is 6.03 Å². The molecule has 1 aliphatic heterocycles. The molecule has 0 saturated carbocycles. The summed E-state index contributed by atoms with van der Waals surface area (Å²) >= 11 is 15.5. The lowest BCUT2D eigenvalue weighted by atomic mass is 10.1. The van der Waals surface area contributed by atoms with Gasteiger partial charge in [0, 0.05) is 11.0 Å². The highest BCUT2D eigenvalue weighted by Gasteiger charge is 2.32. The molecule has 0 radical (unpaired) electrons. The van der Waals surface area contributed by atoms with Gasteiger partial charge in [-0.15, -0.1) is 0 Å². The molecule has 1 heterocycles. The van der Waals surface area contributed by atoms with Crippen LogP contribution in [0.4, 0.5) is 4.79 Å². The van der Waals surface area contributed by atoms with Gasteiger partial charge in [-0.05, 0) is 54.8 Å². The van der Waals surface area contributed by atoms with E-state index in [0.29, 0.717) is 51.2 Å². The molecular formula is C22H21BrCl2N2O4. The molecular weight excluding hydrogens is 507 g/mol. The van der Waals surface area contributed by atoms with E-state index < -0.39 is 6.03 Å². The number of imide groups is 1. The first-order valence-corrected chi connectivity index (χ1v) is 11.3. The summed E-state index contributed by atoms with van der Waals surface area (Å²) in [6, 6.07) is 8.40. The van der Waals surface area contributed by atoms with Gasteiger partial charge in [-0.2, -0.15) is 0 Å². The van der Waals surface area contributed by atoms with Crippen LogP contribution in [0.15, 0.2) is 40.5 Å². The summed E-state index contributed by atoms with van der Waals surface area (Å²) in [5.74, 6) is 0.688. The van der Waals surface area contributed by atoms with Gasteiger partial charge in [0.2, 0.25) is 0 Å². The van der Waals surface area contributed by atoms with Gasteiger partial charge in [0.15, 0.2) is 11.5 Å². The summed E-state index contributed by atoms with van der Waals surface area (Å²) < 4.78 is 12.4. The largest absolute Gasteiger partial charge is 0.490 e. The van der Waals surface area contributed by atoms with Crippen molar-refractivity contribution in [1.29, 1.82) is 0 Å². The number of halogens is 3. The van der Waals surface area contributed by atoms with Gasteiger partial charge < -0.3 is 14.8 Å². The molecule has 6 nitrogen and oxygen atoms in total. The number of hydrogen-bond donors (Lipinski definition) is 1. The van der Waals surface area contributed by atoms with Crippen molar-refractivity contribution < 1.29 is 19.1 Å². The van der Waals surface area contributed by atoms with Crippen LogP contribution in [0.5, 0.6) is 11.5 Å². The van der Waals surface area contributed by atoms with Crippen LogP contribution in [-0.2, 0) is 11.4 Å². The van der Waals surface area contributed by atoms with Crippen molar-refractivity contribution in [3.05, 3.63) is 61.7 Å². The Morgan fingerprint density at radius 3 is 2.48 bits per heavy atom. The Labute approximate surface area is 199 Å². The molecule has 164 valence electrons. The Bertz CT molecular complexity index is 1040. The van der Waals surface area contributed by atoms with Crippen LogP contribution in [0, 0.1) is 0 Å². The highest BCUT2D eigenvalue weighted by molar-refractivity contribution is 9.10. The van der Waals surface area contributed by atoms with Gasteiger partial charge in [0.1, 0.15) is 12.3 Å². The third kappa shape index (κ3) is 5.53. The van der Waals surface area contributed by atoms with Gasteiger partial charge in [0.25, 0.3) is 5.91 Å². The van der Waals surface area contributed by atoms with Gasteiger partial charge in [0.05, 0.1) is 16.7 Å². The maximum atomic E-state index is 12.5. The molecule has 1 N–H and O–H groups in total. The Hall–Kier alpha value is -2.22. The standard InChI is InChI=1S/C22H21BrCl2N2O4/c1-3-7-27-21(28)18(26-22(27)29)9-14-10-19(30-4-2)20(11-15(14)23)31-12-13-5-6-16(24)17(25)8-13/h5-6,8-11H,3-4,7,12H2,1-2H3,(H,26,29)/b18-9+. The fourth-order valence-electron chi connectivity index (χ4n) is 2.99. The van der Waals surface area contributed by atoms with Crippen molar-refractivity contribution in [2.45, 2.75) is 26.9 Å². The summed E-state index contributed by atoms with van der Waals surface area (Å²) in [6.07, 6.45) is 2.31. The molecule has 3 amide bonds. The number of ether oxygens (including phenoxy) is 2. The number of nitrogens with zero attached hydrogens (tertiary/aromatic N) is 1. The van der Waals surface area contributed by atoms with Gasteiger partial charge in [-0.3, -0.25) is 9.69 Å². The van der Waals surface area contributed by atoms with Gasteiger partial charge in [-0.25, -0.2) is 4.79 Å². The lowest BCUT2D eigenvalue weighted by Crippen LogP contribution is -2.31. The third-order valence-corrected chi connectivity index (χ3v) is 5.88. The highest BCUT2D eigenvalue weighted by atomic mass is 79.9. The minimum absolute atomic E-state index is 0.214. The quantitative estimate of drug-likeness (QED) is 0.336. The molecule has 0 atom stereocenters. The zero-order valence-corrected chi connectivity index (χ0v) is 20.1. The van der Waals surface area contributed by atoms with Crippen LogP contribution in [0.1, 0.15) is 31.4 Å². The van der Waals surface area contributed by atoms with E-state index in [-0.39, 0.29) is 18.2 Å². The van der Waals surface area contributed by atoms with Crippen LogP contribution < -0.4 is 14.8 Å². The Morgan fingerprint density at radius 2 is 1.81 bits per heavy atom. The number of nitrogens with one attached hydrogen (secondary N) is 1. The van der Waals surface area contributed by atoms with Crippen LogP contribution in [0.3, 0.4) is 0 Å². The average Bonchev–Trinajstić information content (AvgIpc) is 2.99. The molecule has 2 aromatic carbocycles. The SMILES string of the molecule is CCCN1C(=O)N/C(=C/c2cc(OCC)c(OCc3ccc(Cl)c(Cl)c3)cc2Br)C1=O. The number of rotatable bonds is 8. The lowest BCUT2D eigenvalue weighted by Gasteiger charge is -2.14. The number of amides is 3.